The molecule has 1 N–H and O–H groups in total. The molecule has 0 fully saturated rings. The second-order valence-corrected chi connectivity index (χ2v) is 4.43. The topological polar surface area (TPSA) is 21.3 Å². The van der Waals surface area contributed by atoms with Gasteiger partial charge in [-0.05, 0) is 44.4 Å². The molecule has 1 aromatic carbocycles. The summed E-state index contributed by atoms with van der Waals surface area (Å²) in [6.45, 7) is 8.14. The molecule has 0 amide bonds. The zero-order chi connectivity index (χ0) is 12.7. The second kappa shape index (κ2) is 7.13. The van der Waals surface area contributed by atoms with Crippen molar-refractivity contribution in [1.82, 2.24) is 5.32 Å². The van der Waals surface area contributed by atoms with Gasteiger partial charge in [-0.3, -0.25) is 0 Å². The molecule has 0 aromatic heterocycles. The van der Waals surface area contributed by atoms with Gasteiger partial charge < -0.3 is 10.1 Å². The lowest BCUT2D eigenvalue weighted by atomic mass is 10.1. The highest BCUT2D eigenvalue weighted by Gasteiger charge is 2.09. The van der Waals surface area contributed by atoms with Crippen LogP contribution in [0.2, 0.25) is 0 Å². The summed E-state index contributed by atoms with van der Waals surface area (Å²) in [4.78, 5) is 0. The van der Waals surface area contributed by atoms with Gasteiger partial charge in [-0.1, -0.05) is 18.2 Å². The summed E-state index contributed by atoms with van der Waals surface area (Å²) in [7, 11) is 1.70. The zero-order valence-electron chi connectivity index (χ0n) is 11.1. The molecule has 2 nitrogen and oxygen atoms in total. The largest absolute Gasteiger partial charge is 0.497 e. The van der Waals surface area contributed by atoms with Crippen LogP contribution in [0.15, 0.2) is 36.9 Å². The molecule has 0 aliphatic heterocycles. The van der Waals surface area contributed by atoms with E-state index in [-0.39, 0.29) is 0 Å². The van der Waals surface area contributed by atoms with Gasteiger partial charge in [0.05, 0.1) is 7.11 Å². The van der Waals surface area contributed by atoms with Gasteiger partial charge in [0.15, 0.2) is 0 Å². The highest BCUT2D eigenvalue weighted by atomic mass is 16.5. The normalized spacial score (nSPS) is 14.1. The van der Waals surface area contributed by atoms with Crippen LogP contribution in [0.3, 0.4) is 0 Å². The van der Waals surface area contributed by atoms with E-state index in [1.807, 2.05) is 18.2 Å². The molecule has 0 aliphatic rings. The van der Waals surface area contributed by atoms with Crippen LogP contribution in [0.25, 0.3) is 0 Å². The van der Waals surface area contributed by atoms with Gasteiger partial charge >= 0.3 is 0 Å². The first kappa shape index (κ1) is 13.8. The predicted molar refractivity (Wildman–Crippen MR) is 73.4 cm³/mol. The maximum Gasteiger partial charge on any atom is 0.119 e. The van der Waals surface area contributed by atoms with Crippen LogP contribution in [0.4, 0.5) is 0 Å². The molecular weight excluding hydrogens is 210 g/mol. The summed E-state index contributed by atoms with van der Waals surface area (Å²) in [6.07, 6.45) is 4.14. The molecule has 1 aromatic rings. The maximum absolute atomic E-state index is 5.23. The fourth-order valence-electron chi connectivity index (χ4n) is 1.89. The third-order valence-corrected chi connectivity index (χ3v) is 2.93. The fourth-order valence-corrected chi connectivity index (χ4v) is 1.89. The first-order valence-corrected chi connectivity index (χ1v) is 6.18. The second-order valence-electron chi connectivity index (χ2n) is 4.43. The van der Waals surface area contributed by atoms with Gasteiger partial charge in [0.25, 0.3) is 0 Å². The zero-order valence-corrected chi connectivity index (χ0v) is 11.1. The number of ether oxygens (including phenoxy) is 1. The molecule has 1 rings (SSSR count). The Labute approximate surface area is 105 Å². The first-order chi connectivity index (χ1) is 8.17. The van der Waals surface area contributed by atoms with Crippen molar-refractivity contribution in [3.63, 3.8) is 0 Å². The van der Waals surface area contributed by atoms with Crippen molar-refractivity contribution < 1.29 is 4.74 Å². The standard InChI is InChI=1S/C15H23NO/c1-5-6-8-12(2)16-13(3)14-9-7-10-15(11-14)17-4/h5,7,9-13,16H,1,6,8H2,2-4H3. The van der Waals surface area contributed by atoms with Crippen molar-refractivity contribution in [2.45, 2.75) is 38.8 Å². The summed E-state index contributed by atoms with van der Waals surface area (Å²) in [5, 5.41) is 3.58. The third-order valence-electron chi connectivity index (χ3n) is 2.93. The van der Waals surface area contributed by atoms with E-state index in [9.17, 15) is 0 Å². The Morgan fingerprint density at radius 1 is 1.41 bits per heavy atom. The molecule has 2 unspecified atom stereocenters. The van der Waals surface area contributed by atoms with Crippen LogP contribution in [0.1, 0.15) is 38.3 Å². The van der Waals surface area contributed by atoms with E-state index in [2.05, 4.69) is 37.9 Å². The van der Waals surface area contributed by atoms with Crippen LogP contribution < -0.4 is 10.1 Å². The summed E-state index contributed by atoms with van der Waals surface area (Å²) in [5.41, 5.74) is 1.26. The number of nitrogens with one attached hydrogen (secondary N) is 1. The summed E-state index contributed by atoms with van der Waals surface area (Å²) < 4.78 is 5.23. The SMILES string of the molecule is C=CCCC(C)NC(C)c1cccc(OC)c1. The smallest absolute Gasteiger partial charge is 0.119 e. The van der Waals surface area contributed by atoms with Crippen molar-refractivity contribution >= 4 is 0 Å². The van der Waals surface area contributed by atoms with Crippen LogP contribution >= 0.6 is 0 Å². The highest BCUT2D eigenvalue weighted by molar-refractivity contribution is 5.30. The number of hydrogen-bond acceptors (Lipinski definition) is 2. The summed E-state index contributed by atoms with van der Waals surface area (Å²) in [6, 6.07) is 9.04. The van der Waals surface area contributed by atoms with Crippen molar-refractivity contribution in [1.29, 1.82) is 0 Å². The van der Waals surface area contributed by atoms with Crippen molar-refractivity contribution in [3.8, 4) is 5.75 Å². The van der Waals surface area contributed by atoms with E-state index in [1.54, 1.807) is 7.11 Å². The molecule has 94 valence electrons. The van der Waals surface area contributed by atoms with E-state index in [0.29, 0.717) is 12.1 Å². The minimum absolute atomic E-state index is 0.338. The molecule has 0 radical (unpaired) electrons. The number of benzene rings is 1. The molecule has 0 heterocycles. The van der Waals surface area contributed by atoms with Gasteiger partial charge in [0.2, 0.25) is 0 Å². The van der Waals surface area contributed by atoms with Crippen LogP contribution in [0.5, 0.6) is 5.75 Å². The molecule has 2 heteroatoms. The molecule has 0 bridgehead atoms. The molecule has 0 aliphatic carbocycles. The molecule has 0 spiro atoms. The molecule has 0 saturated carbocycles. The molecular formula is C15H23NO. The van der Waals surface area contributed by atoms with E-state index < -0.39 is 0 Å². The minimum Gasteiger partial charge on any atom is -0.497 e. The van der Waals surface area contributed by atoms with Crippen LogP contribution in [-0.4, -0.2) is 13.2 Å². The first-order valence-electron chi connectivity index (χ1n) is 6.18. The lowest BCUT2D eigenvalue weighted by Gasteiger charge is -2.20. The third kappa shape index (κ3) is 4.61. The van der Waals surface area contributed by atoms with E-state index in [1.165, 1.54) is 5.56 Å². The monoisotopic (exact) mass is 233 g/mol. The Morgan fingerprint density at radius 2 is 2.18 bits per heavy atom. The average molecular weight is 233 g/mol. The minimum atomic E-state index is 0.338. The van der Waals surface area contributed by atoms with Gasteiger partial charge in [-0.15, -0.1) is 6.58 Å². The number of allylic oxidation sites excluding steroid dienone is 1. The van der Waals surface area contributed by atoms with Gasteiger partial charge in [0.1, 0.15) is 5.75 Å². The Morgan fingerprint density at radius 3 is 2.82 bits per heavy atom. The van der Waals surface area contributed by atoms with E-state index in [0.717, 1.165) is 18.6 Å². The van der Waals surface area contributed by atoms with Crippen LogP contribution in [0, 0.1) is 0 Å². The Hall–Kier alpha value is -1.28. The number of hydrogen-bond donors (Lipinski definition) is 1. The highest BCUT2D eigenvalue weighted by Crippen LogP contribution is 2.19. The Balaban J connectivity index is 2.56. The lowest BCUT2D eigenvalue weighted by Crippen LogP contribution is -2.28. The van der Waals surface area contributed by atoms with E-state index in [4.69, 9.17) is 4.74 Å². The Bertz CT molecular complexity index is 349. The van der Waals surface area contributed by atoms with Crippen molar-refractivity contribution in [2.24, 2.45) is 0 Å². The summed E-state index contributed by atoms with van der Waals surface area (Å²) >= 11 is 0. The molecule has 0 saturated heterocycles. The van der Waals surface area contributed by atoms with Gasteiger partial charge in [0, 0.05) is 12.1 Å². The van der Waals surface area contributed by atoms with Crippen LogP contribution in [-0.2, 0) is 0 Å². The number of rotatable bonds is 7. The predicted octanol–water partition coefficient (Wildman–Crippen LogP) is 3.70. The molecule has 2 atom stereocenters. The summed E-state index contributed by atoms with van der Waals surface area (Å²) in [5.74, 6) is 0.912. The van der Waals surface area contributed by atoms with Gasteiger partial charge in [-0.2, -0.15) is 0 Å². The van der Waals surface area contributed by atoms with Crippen molar-refractivity contribution in [2.75, 3.05) is 7.11 Å². The average Bonchev–Trinajstić information content (AvgIpc) is 2.36. The van der Waals surface area contributed by atoms with Crippen molar-refractivity contribution in [3.05, 3.63) is 42.5 Å². The maximum atomic E-state index is 5.23. The van der Waals surface area contributed by atoms with E-state index >= 15 is 0 Å². The molecule has 17 heavy (non-hydrogen) atoms. The quantitative estimate of drug-likeness (QED) is 0.725. The Kier molecular flexibility index (Phi) is 5.78. The fraction of sp³-hybridized carbons (Fsp3) is 0.467. The number of methoxy groups -OCH3 is 1. The lowest BCUT2D eigenvalue weighted by molar-refractivity contribution is 0.411. The van der Waals surface area contributed by atoms with Gasteiger partial charge in [-0.25, -0.2) is 0 Å².